The van der Waals surface area contributed by atoms with E-state index in [1.165, 1.54) is 16.6 Å². The fourth-order valence-electron chi connectivity index (χ4n) is 2.56. The molecule has 0 bridgehead atoms. The van der Waals surface area contributed by atoms with Crippen LogP contribution in [0.15, 0.2) is 48.8 Å². The minimum Gasteiger partial charge on any atom is -0.307 e. The predicted octanol–water partition coefficient (Wildman–Crippen LogP) is 3.13. The molecule has 0 saturated carbocycles. The van der Waals surface area contributed by atoms with Crippen LogP contribution in [0, 0.1) is 0 Å². The maximum absolute atomic E-state index is 4.49. The van der Waals surface area contributed by atoms with Gasteiger partial charge < -0.3 is 5.32 Å². The van der Waals surface area contributed by atoms with Crippen LogP contribution in [0.4, 0.5) is 0 Å². The lowest BCUT2D eigenvalue weighted by Gasteiger charge is -2.09. The Morgan fingerprint density at radius 2 is 1.95 bits per heavy atom. The number of rotatable bonds is 6. The Kier molecular flexibility index (Phi) is 4.26. The van der Waals surface area contributed by atoms with Gasteiger partial charge in [0.1, 0.15) is 0 Å². The second-order valence-electron chi connectivity index (χ2n) is 5.14. The summed E-state index contributed by atoms with van der Waals surface area (Å²) in [4.78, 5) is 4.49. The number of para-hydroxylation sites is 1. The predicted molar refractivity (Wildman–Crippen MR) is 84.8 cm³/mol. The van der Waals surface area contributed by atoms with E-state index in [1.54, 1.807) is 0 Å². The van der Waals surface area contributed by atoms with Gasteiger partial charge in [0.2, 0.25) is 0 Å². The molecule has 2 heterocycles. The van der Waals surface area contributed by atoms with E-state index in [0.29, 0.717) is 0 Å². The SMILES string of the molecule is CCCn1nccc1CNCc1cccc2cccnc12. The summed E-state index contributed by atoms with van der Waals surface area (Å²) in [7, 11) is 0. The molecule has 0 fully saturated rings. The van der Waals surface area contributed by atoms with Gasteiger partial charge in [0.15, 0.2) is 0 Å². The first-order chi connectivity index (χ1) is 10.4. The van der Waals surface area contributed by atoms with Gasteiger partial charge in [-0.2, -0.15) is 5.10 Å². The molecular weight excluding hydrogens is 260 g/mol. The summed E-state index contributed by atoms with van der Waals surface area (Å²) < 4.78 is 2.06. The standard InChI is InChI=1S/C17H20N4/c1-2-11-21-16(8-10-20-21)13-18-12-15-6-3-5-14-7-4-9-19-17(14)15/h3-10,18H,2,11-13H2,1H3. The number of benzene rings is 1. The highest BCUT2D eigenvalue weighted by Crippen LogP contribution is 2.15. The van der Waals surface area contributed by atoms with Crippen LogP contribution in [0.1, 0.15) is 24.6 Å². The van der Waals surface area contributed by atoms with Crippen molar-refractivity contribution in [1.29, 1.82) is 0 Å². The van der Waals surface area contributed by atoms with Crippen molar-refractivity contribution in [2.24, 2.45) is 0 Å². The van der Waals surface area contributed by atoms with E-state index in [1.807, 2.05) is 18.5 Å². The van der Waals surface area contributed by atoms with Gasteiger partial charge in [-0.1, -0.05) is 31.2 Å². The number of aryl methyl sites for hydroxylation is 1. The van der Waals surface area contributed by atoms with Gasteiger partial charge in [-0.25, -0.2) is 0 Å². The monoisotopic (exact) mass is 280 g/mol. The van der Waals surface area contributed by atoms with Crippen molar-refractivity contribution in [1.82, 2.24) is 20.1 Å². The van der Waals surface area contributed by atoms with Gasteiger partial charge >= 0.3 is 0 Å². The third-order valence-corrected chi connectivity index (χ3v) is 3.58. The van der Waals surface area contributed by atoms with Crippen LogP contribution >= 0.6 is 0 Å². The van der Waals surface area contributed by atoms with Crippen LogP contribution < -0.4 is 5.32 Å². The Bertz CT molecular complexity index is 712. The summed E-state index contributed by atoms with van der Waals surface area (Å²) in [5.74, 6) is 0. The van der Waals surface area contributed by atoms with Crippen LogP contribution in [0.25, 0.3) is 10.9 Å². The van der Waals surface area contributed by atoms with E-state index in [4.69, 9.17) is 0 Å². The van der Waals surface area contributed by atoms with Crippen molar-refractivity contribution in [3.63, 3.8) is 0 Å². The minimum absolute atomic E-state index is 0.811. The molecule has 3 rings (SSSR count). The largest absolute Gasteiger partial charge is 0.307 e. The molecule has 0 amide bonds. The number of hydrogen-bond acceptors (Lipinski definition) is 3. The van der Waals surface area contributed by atoms with E-state index in [9.17, 15) is 0 Å². The number of pyridine rings is 1. The van der Waals surface area contributed by atoms with Gasteiger partial charge in [-0.3, -0.25) is 9.67 Å². The molecule has 0 unspecified atom stereocenters. The van der Waals surface area contributed by atoms with Crippen molar-refractivity contribution in [3.05, 3.63) is 60.0 Å². The van der Waals surface area contributed by atoms with Crippen molar-refractivity contribution in [3.8, 4) is 0 Å². The lowest BCUT2D eigenvalue weighted by Crippen LogP contribution is -2.16. The molecule has 0 aliphatic rings. The minimum atomic E-state index is 0.811. The zero-order valence-corrected chi connectivity index (χ0v) is 12.3. The molecule has 1 aromatic carbocycles. The first-order valence-electron chi connectivity index (χ1n) is 7.42. The first-order valence-corrected chi connectivity index (χ1v) is 7.42. The summed E-state index contributed by atoms with van der Waals surface area (Å²) in [6.45, 7) is 4.77. The van der Waals surface area contributed by atoms with E-state index >= 15 is 0 Å². The van der Waals surface area contributed by atoms with Crippen LogP contribution in [-0.4, -0.2) is 14.8 Å². The zero-order valence-electron chi connectivity index (χ0n) is 12.3. The molecule has 1 N–H and O–H groups in total. The number of fused-ring (bicyclic) bond motifs is 1. The molecular formula is C17H20N4. The number of aromatic nitrogens is 3. The smallest absolute Gasteiger partial charge is 0.0746 e. The summed E-state index contributed by atoms with van der Waals surface area (Å²) in [5.41, 5.74) is 3.54. The van der Waals surface area contributed by atoms with Gasteiger partial charge in [-0.05, 0) is 24.1 Å². The second kappa shape index (κ2) is 6.50. The molecule has 0 atom stereocenters. The lowest BCUT2D eigenvalue weighted by atomic mass is 10.1. The highest BCUT2D eigenvalue weighted by atomic mass is 15.3. The second-order valence-corrected chi connectivity index (χ2v) is 5.14. The average molecular weight is 280 g/mol. The Hall–Kier alpha value is -2.20. The van der Waals surface area contributed by atoms with E-state index in [2.05, 4.69) is 57.3 Å². The molecule has 4 heteroatoms. The van der Waals surface area contributed by atoms with Gasteiger partial charge in [0, 0.05) is 37.4 Å². The van der Waals surface area contributed by atoms with Crippen molar-refractivity contribution < 1.29 is 0 Å². The molecule has 0 aliphatic heterocycles. The van der Waals surface area contributed by atoms with Crippen LogP contribution in [0.2, 0.25) is 0 Å². The molecule has 108 valence electrons. The summed E-state index contributed by atoms with van der Waals surface area (Å²) in [6, 6.07) is 12.5. The van der Waals surface area contributed by atoms with Crippen LogP contribution in [0.5, 0.6) is 0 Å². The van der Waals surface area contributed by atoms with E-state index in [0.717, 1.165) is 31.6 Å². The molecule has 0 spiro atoms. The molecule has 0 radical (unpaired) electrons. The van der Waals surface area contributed by atoms with E-state index < -0.39 is 0 Å². The molecule has 21 heavy (non-hydrogen) atoms. The number of nitrogens with zero attached hydrogens (tertiary/aromatic N) is 3. The van der Waals surface area contributed by atoms with Crippen molar-refractivity contribution in [2.75, 3.05) is 0 Å². The van der Waals surface area contributed by atoms with Gasteiger partial charge in [0.05, 0.1) is 11.2 Å². The Morgan fingerprint density at radius 3 is 2.86 bits per heavy atom. The Labute approximate surface area is 124 Å². The molecule has 0 aliphatic carbocycles. The summed E-state index contributed by atoms with van der Waals surface area (Å²) in [5, 5.41) is 9.03. The van der Waals surface area contributed by atoms with Crippen molar-refractivity contribution in [2.45, 2.75) is 33.0 Å². The van der Waals surface area contributed by atoms with Gasteiger partial charge in [0.25, 0.3) is 0 Å². The quantitative estimate of drug-likeness (QED) is 0.754. The average Bonchev–Trinajstić information content (AvgIpc) is 2.95. The summed E-state index contributed by atoms with van der Waals surface area (Å²) >= 11 is 0. The number of nitrogens with one attached hydrogen (secondary N) is 1. The Balaban J connectivity index is 1.68. The topological polar surface area (TPSA) is 42.7 Å². The van der Waals surface area contributed by atoms with Crippen LogP contribution in [-0.2, 0) is 19.6 Å². The zero-order chi connectivity index (χ0) is 14.5. The lowest BCUT2D eigenvalue weighted by molar-refractivity contribution is 0.550. The molecule has 4 nitrogen and oxygen atoms in total. The molecule has 0 saturated heterocycles. The first kappa shape index (κ1) is 13.8. The van der Waals surface area contributed by atoms with Crippen LogP contribution in [0.3, 0.4) is 0 Å². The fourth-order valence-corrected chi connectivity index (χ4v) is 2.56. The molecule has 3 aromatic rings. The maximum atomic E-state index is 4.49. The third-order valence-electron chi connectivity index (χ3n) is 3.58. The molecule has 2 aromatic heterocycles. The summed E-state index contributed by atoms with van der Waals surface area (Å²) in [6.07, 6.45) is 4.82. The fraction of sp³-hybridized carbons (Fsp3) is 0.294. The highest BCUT2D eigenvalue weighted by molar-refractivity contribution is 5.81. The Morgan fingerprint density at radius 1 is 1.05 bits per heavy atom. The normalized spacial score (nSPS) is 11.1. The van der Waals surface area contributed by atoms with Crippen molar-refractivity contribution >= 4 is 10.9 Å². The third kappa shape index (κ3) is 3.11. The van der Waals surface area contributed by atoms with Gasteiger partial charge in [-0.15, -0.1) is 0 Å². The highest BCUT2D eigenvalue weighted by Gasteiger charge is 2.03. The maximum Gasteiger partial charge on any atom is 0.0746 e. The van der Waals surface area contributed by atoms with E-state index in [-0.39, 0.29) is 0 Å². The number of hydrogen-bond donors (Lipinski definition) is 1.